The van der Waals surface area contributed by atoms with Gasteiger partial charge in [0.1, 0.15) is 0 Å². The third-order valence-corrected chi connectivity index (χ3v) is 13.2. The largest absolute Gasteiger partial charge is 0.465 e. The van der Waals surface area contributed by atoms with Gasteiger partial charge in [-0.25, -0.2) is 0 Å². The minimum atomic E-state index is -0.0164. The molecule has 0 fully saturated rings. The molecular weight excluding hydrogens is 785 g/mol. The molecule has 0 aromatic heterocycles. The van der Waals surface area contributed by atoms with Crippen molar-refractivity contribution in [1.29, 1.82) is 0 Å². The first-order chi connectivity index (χ1) is 30.8. The van der Waals surface area contributed by atoms with Gasteiger partial charge in [0.25, 0.3) is 0 Å². The fraction of sp³-hybridized carbons (Fsp3) is 0.945. The highest BCUT2D eigenvalue weighted by molar-refractivity contribution is 5.76. The van der Waals surface area contributed by atoms with Crippen molar-refractivity contribution in [3.63, 3.8) is 0 Å². The van der Waals surface area contributed by atoms with Gasteiger partial charge in [0.15, 0.2) is 0 Å². The van der Waals surface area contributed by atoms with Crippen LogP contribution in [0.5, 0.6) is 0 Å². The van der Waals surface area contributed by atoms with Crippen molar-refractivity contribution in [1.82, 2.24) is 9.80 Å². The quantitative estimate of drug-likeness (QED) is 0.0480. The molecule has 1 amide bonds. The van der Waals surface area contributed by atoms with Gasteiger partial charge in [0.05, 0.1) is 19.8 Å². The van der Waals surface area contributed by atoms with Crippen molar-refractivity contribution in [3.05, 3.63) is 0 Å². The molecule has 8 heteroatoms. The van der Waals surface area contributed by atoms with E-state index < -0.39 is 0 Å². The van der Waals surface area contributed by atoms with Gasteiger partial charge in [-0.1, -0.05) is 182 Å². The van der Waals surface area contributed by atoms with Crippen LogP contribution in [0.15, 0.2) is 0 Å². The van der Waals surface area contributed by atoms with Crippen molar-refractivity contribution in [2.45, 2.75) is 272 Å². The van der Waals surface area contributed by atoms with Gasteiger partial charge in [0.2, 0.25) is 5.91 Å². The molecule has 0 spiro atoms. The van der Waals surface area contributed by atoms with E-state index >= 15 is 0 Å². The van der Waals surface area contributed by atoms with E-state index in [-0.39, 0.29) is 24.5 Å². The van der Waals surface area contributed by atoms with Crippen molar-refractivity contribution in [2.75, 3.05) is 52.5 Å². The number of carbonyl (C=O) groups is 3. The van der Waals surface area contributed by atoms with E-state index in [9.17, 15) is 19.5 Å². The Morgan fingerprint density at radius 3 is 1.14 bits per heavy atom. The van der Waals surface area contributed by atoms with E-state index in [0.717, 1.165) is 103 Å². The molecule has 0 aromatic rings. The fourth-order valence-electron chi connectivity index (χ4n) is 8.83. The number of unbranched alkanes of at least 4 members (excludes halogenated alkanes) is 22. The molecule has 0 rings (SSSR count). The van der Waals surface area contributed by atoms with Crippen LogP contribution in [0.4, 0.5) is 0 Å². The van der Waals surface area contributed by atoms with Crippen molar-refractivity contribution in [3.8, 4) is 0 Å². The van der Waals surface area contributed by atoms with E-state index in [1.165, 1.54) is 141 Å². The molecule has 374 valence electrons. The maximum absolute atomic E-state index is 13.0. The summed E-state index contributed by atoms with van der Waals surface area (Å²) in [5, 5.41) is 9.67. The summed E-state index contributed by atoms with van der Waals surface area (Å²) in [4.78, 5) is 42.6. The molecule has 0 aliphatic heterocycles. The third-order valence-electron chi connectivity index (χ3n) is 13.2. The minimum absolute atomic E-state index is 0.0164. The van der Waals surface area contributed by atoms with Gasteiger partial charge >= 0.3 is 11.9 Å². The number of hydrogen-bond donors (Lipinski definition) is 1. The lowest BCUT2D eigenvalue weighted by molar-refractivity contribution is -0.146. The maximum atomic E-state index is 13.0. The lowest BCUT2D eigenvalue weighted by atomic mass is 9.96. The third kappa shape index (κ3) is 41.5. The Bertz CT molecular complexity index is 940. The second kappa shape index (κ2) is 48.3. The molecule has 2 atom stereocenters. The molecule has 0 heterocycles. The standard InChI is InChI=1S/C55H108N2O6/c1-6-11-16-19-22-29-40-53(59)57(47-48-58)46-35-34-45-56(43-32-25-20-23-30-41-54(60)62-49-51(36-14-9-4)38-27-17-12-7-2)44-33-26-21-24-31-42-55(61)63-50-52(37-15-10-5)39-28-18-13-8-3/h51-52,58H,6-50H2,1-5H3. The summed E-state index contributed by atoms with van der Waals surface area (Å²) in [6.07, 6.45) is 41.4. The first kappa shape index (κ1) is 61.3. The minimum Gasteiger partial charge on any atom is -0.465 e. The molecule has 0 saturated carbocycles. The molecule has 0 aliphatic carbocycles. The highest BCUT2D eigenvalue weighted by atomic mass is 16.5. The summed E-state index contributed by atoms with van der Waals surface area (Å²) < 4.78 is 11.5. The zero-order valence-electron chi connectivity index (χ0n) is 42.9. The van der Waals surface area contributed by atoms with Crippen LogP contribution in [0.2, 0.25) is 0 Å². The molecule has 0 saturated heterocycles. The van der Waals surface area contributed by atoms with Gasteiger partial charge < -0.3 is 24.4 Å². The first-order valence-corrected chi connectivity index (χ1v) is 27.8. The van der Waals surface area contributed by atoms with E-state index in [2.05, 4.69) is 39.5 Å². The second-order valence-electron chi connectivity index (χ2n) is 19.3. The van der Waals surface area contributed by atoms with Crippen molar-refractivity contribution >= 4 is 17.8 Å². The maximum Gasteiger partial charge on any atom is 0.305 e. The normalized spacial score (nSPS) is 12.5. The van der Waals surface area contributed by atoms with Crippen LogP contribution in [0, 0.1) is 11.8 Å². The Balaban J connectivity index is 4.75. The van der Waals surface area contributed by atoms with Crippen LogP contribution in [0.3, 0.4) is 0 Å². The monoisotopic (exact) mass is 893 g/mol. The average Bonchev–Trinajstić information content (AvgIpc) is 3.28. The van der Waals surface area contributed by atoms with Crippen LogP contribution in [0.25, 0.3) is 0 Å². The van der Waals surface area contributed by atoms with Gasteiger partial charge in [0, 0.05) is 32.4 Å². The van der Waals surface area contributed by atoms with Gasteiger partial charge in [-0.15, -0.1) is 0 Å². The molecular formula is C55H108N2O6. The Kier molecular flexibility index (Phi) is 47.0. The molecule has 63 heavy (non-hydrogen) atoms. The Morgan fingerprint density at radius 2 is 0.714 bits per heavy atom. The van der Waals surface area contributed by atoms with Gasteiger partial charge in [-0.05, 0) is 102 Å². The lowest BCUT2D eigenvalue weighted by Gasteiger charge is -2.25. The number of amides is 1. The smallest absolute Gasteiger partial charge is 0.305 e. The molecule has 0 aliphatic rings. The summed E-state index contributed by atoms with van der Waals surface area (Å²) in [5.74, 6) is 1.20. The van der Waals surface area contributed by atoms with E-state index in [0.29, 0.717) is 50.9 Å². The van der Waals surface area contributed by atoms with Crippen molar-refractivity contribution < 1.29 is 29.0 Å². The Morgan fingerprint density at radius 1 is 0.381 bits per heavy atom. The number of hydrogen-bond acceptors (Lipinski definition) is 7. The van der Waals surface area contributed by atoms with E-state index in [1.807, 2.05) is 4.90 Å². The van der Waals surface area contributed by atoms with E-state index in [1.54, 1.807) is 0 Å². The predicted octanol–water partition coefficient (Wildman–Crippen LogP) is 15.0. The zero-order valence-corrected chi connectivity index (χ0v) is 42.9. The molecule has 0 aromatic carbocycles. The van der Waals surface area contributed by atoms with Gasteiger partial charge in [-0.3, -0.25) is 14.4 Å². The molecule has 0 bridgehead atoms. The first-order valence-electron chi connectivity index (χ1n) is 27.8. The highest BCUT2D eigenvalue weighted by Crippen LogP contribution is 2.20. The number of carbonyl (C=O) groups excluding carboxylic acids is 3. The number of esters is 2. The molecule has 0 radical (unpaired) electrons. The number of aliphatic hydroxyl groups is 1. The van der Waals surface area contributed by atoms with Crippen LogP contribution in [0.1, 0.15) is 272 Å². The second-order valence-corrected chi connectivity index (χ2v) is 19.3. The number of nitrogens with zero attached hydrogens (tertiary/aromatic N) is 2. The van der Waals surface area contributed by atoms with Crippen molar-refractivity contribution in [2.24, 2.45) is 11.8 Å². The fourth-order valence-corrected chi connectivity index (χ4v) is 8.83. The lowest BCUT2D eigenvalue weighted by Crippen LogP contribution is -2.35. The summed E-state index contributed by atoms with van der Waals surface area (Å²) in [6, 6.07) is 0. The summed E-state index contributed by atoms with van der Waals surface area (Å²) in [7, 11) is 0. The Hall–Kier alpha value is -1.67. The topological polar surface area (TPSA) is 96.4 Å². The van der Waals surface area contributed by atoms with Gasteiger partial charge in [-0.2, -0.15) is 0 Å². The number of ether oxygens (including phenoxy) is 2. The van der Waals surface area contributed by atoms with E-state index in [4.69, 9.17) is 9.47 Å². The predicted molar refractivity (Wildman–Crippen MR) is 268 cm³/mol. The van der Waals surface area contributed by atoms with Crippen LogP contribution < -0.4 is 0 Å². The van der Waals surface area contributed by atoms with Crippen LogP contribution in [-0.4, -0.2) is 85.3 Å². The Labute approximate surface area is 391 Å². The average molecular weight is 893 g/mol. The zero-order chi connectivity index (χ0) is 46.3. The number of aliphatic hydroxyl groups excluding tert-OH is 1. The number of rotatable bonds is 50. The summed E-state index contributed by atoms with van der Waals surface area (Å²) >= 11 is 0. The molecule has 1 N–H and O–H groups in total. The van der Waals surface area contributed by atoms with Crippen LogP contribution in [-0.2, 0) is 23.9 Å². The summed E-state index contributed by atoms with van der Waals surface area (Å²) in [5.41, 5.74) is 0. The summed E-state index contributed by atoms with van der Waals surface area (Å²) in [6.45, 7) is 16.8. The highest BCUT2D eigenvalue weighted by Gasteiger charge is 2.15. The SMILES string of the molecule is CCCCCCCCC(=O)N(CCO)CCCCN(CCCCCCCC(=O)OCC(CCCC)CCCCCC)CCCCCCCC(=O)OCC(CCCC)CCCCCC. The van der Waals surface area contributed by atoms with Crippen LogP contribution >= 0.6 is 0 Å². The molecule has 2 unspecified atom stereocenters. The molecule has 8 nitrogen and oxygen atoms in total.